The minimum atomic E-state index is -3.60. The first-order valence-corrected chi connectivity index (χ1v) is 18.2. The standard InChI is InChI=1S/C29H28AsINO7S/c1-16(2)25(29(34)38-5)30-40(35,36)21-12-8-19(9-13-21)18-6-10-20(11-7-18)32-28(33)26-17(3)24-23(39-26)15-14-22(31)27(24)37-4/h6-16,25H,1-5H3,(H,32,33). The molecule has 0 aliphatic heterocycles. The van der Waals surface area contributed by atoms with Crippen LogP contribution in [0.15, 0.2) is 70.0 Å². The fourth-order valence-corrected chi connectivity index (χ4v) is 11.8. The van der Waals surface area contributed by atoms with Crippen molar-refractivity contribution < 1.29 is 31.9 Å². The molecule has 1 N–H and O–H groups in total. The Bertz CT molecular complexity index is 1660. The second-order valence-electron chi connectivity index (χ2n) is 9.36. The van der Waals surface area contributed by atoms with Gasteiger partial charge >= 0.3 is 170 Å². The third kappa shape index (κ3) is 6.24. The van der Waals surface area contributed by atoms with Crippen LogP contribution in [0, 0.1) is 16.4 Å². The molecule has 1 atom stereocenters. The first kappa shape index (κ1) is 30.1. The number of fused-ring (bicyclic) bond motifs is 1. The minimum absolute atomic E-state index is 0.136. The number of ether oxygens (including phenoxy) is 2. The Kier molecular flexibility index (Phi) is 9.32. The van der Waals surface area contributed by atoms with Gasteiger partial charge in [-0.25, -0.2) is 0 Å². The third-order valence-electron chi connectivity index (χ3n) is 6.36. The SMILES string of the molecule is COC(=O)C([As]S(=O)(=O)c1ccc(-c2ccc(NC(=O)c3oc4ccc(I)c(OC)c4c3C)cc2)cc1)C(C)C. The van der Waals surface area contributed by atoms with Crippen LogP contribution in [-0.2, 0) is 17.6 Å². The van der Waals surface area contributed by atoms with Gasteiger partial charge < -0.3 is 9.15 Å². The molecule has 0 aliphatic rings. The zero-order valence-corrected chi connectivity index (χ0v) is 27.4. The number of hydrogen-bond acceptors (Lipinski definition) is 7. The zero-order valence-electron chi connectivity index (χ0n) is 22.5. The molecule has 11 heteroatoms. The second kappa shape index (κ2) is 12.4. The molecule has 1 amide bonds. The van der Waals surface area contributed by atoms with Gasteiger partial charge in [0.1, 0.15) is 11.3 Å². The van der Waals surface area contributed by atoms with E-state index in [1.54, 1.807) is 43.5 Å². The van der Waals surface area contributed by atoms with Crippen LogP contribution in [0.5, 0.6) is 5.75 Å². The number of carbonyl (C=O) groups excluding carboxylic acids is 2. The van der Waals surface area contributed by atoms with Gasteiger partial charge in [0.15, 0.2) is 0 Å². The molecule has 0 spiro atoms. The van der Waals surface area contributed by atoms with Gasteiger partial charge in [0.05, 0.1) is 16.1 Å². The van der Waals surface area contributed by atoms with Crippen molar-refractivity contribution in [2.24, 2.45) is 5.92 Å². The van der Waals surface area contributed by atoms with Gasteiger partial charge in [-0.05, 0) is 41.6 Å². The molecule has 0 fully saturated rings. The summed E-state index contributed by atoms with van der Waals surface area (Å²) in [6.45, 7) is 5.46. The molecule has 4 rings (SSSR count). The third-order valence-corrected chi connectivity index (χ3v) is 14.8. The molecule has 0 bridgehead atoms. The monoisotopic (exact) mass is 736 g/mol. The summed E-state index contributed by atoms with van der Waals surface area (Å²) < 4.78 is 42.4. The number of halogens is 1. The van der Waals surface area contributed by atoms with E-state index in [4.69, 9.17) is 13.9 Å². The van der Waals surface area contributed by atoms with Crippen LogP contribution in [0.2, 0.25) is 4.71 Å². The summed E-state index contributed by atoms with van der Waals surface area (Å²) in [5.74, 6) is -0.116. The van der Waals surface area contributed by atoms with Gasteiger partial charge in [-0.1, -0.05) is 0 Å². The van der Waals surface area contributed by atoms with Crippen molar-refractivity contribution >= 4 is 73.8 Å². The molecule has 0 saturated carbocycles. The number of rotatable bonds is 9. The normalized spacial score (nSPS) is 12.7. The van der Waals surface area contributed by atoms with Crippen LogP contribution in [-0.4, -0.2) is 49.1 Å². The summed E-state index contributed by atoms with van der Waals surface area (Å²) in [6, 6.07) is 17.5. The van der Waals surface area contributed by atoms with Crippen molar-refractivity contribution in [3.63, 3.8) is 0 Å². The fourth-order valence-electron chi connectivity index (χ4n) is 4.22. The van der Waals surface area contributed by atoms with E-state index in [1.165, 1.54) is 7.11 Å². The average Bonchev–Trinajstić information content (AvgIpc) is 3.28. The van der Waals surface area contributed by atoms with Crippen molar-refractivity contribution in [1.82, 2.24) is 0 Å². The summed E-state index contributed by atoms with van der Waals surface area (Å²) in [4.78, 5) is 25.3. The van der Waals surface area contributed by atoms with Gasteiger partial charge in [0.25, 0.3) is 0 Å². The fraction of sp³-hybridized carbons (Fsp3) is 0.241. The van der Waals surface area contributed by atoms with Gasteiger partial charge in [0.2, 0.25) is 0 Å². The van der Waals surface area contributed by atoms with E-state index in [2.05, 4.69) is 27.9 Å². The number of carbonyl (C=O) groups is 2. The van der Waals surface area contributed by atoms with Crippen molar-refractivity contribution in [2.45, 2.75) is 30.4 Å². The Labute approximate surface area is 252 Å². The summed E-state index contributed by atoms with van der Waals surface area (Å²) in [7, 11) is -0.736. The van der Waals surface area contributed by atoms with Crippen LogP contribution in [0.3, 0.4) is 0 Å². The number of amides is 1. The summed E-state index contributed by atoms with van der Waals surface area (Å²) in [5.41, 5.74) is 3.52. The molecule has 1 unspecified atom stereocenters. The number of esters is 1. The predicted molar refractivity (Wildman–Crippen MR) is 164 cm³/mol. The predicted octanol–water partition coefficient (Wildman–Crippen LogP) is 6.28. The summed E-state index contributed by atoms with van der Waals surface area (Å²) >= 11 is 0.836. The Hall–Kier alpha value is -2.82. The quantitative estimate of drug-likeness (QED) is 0.122. The number of methoxy groups -OCH3 is 2. The topological polar surface area (TPSA) is 112 Å². The number of nitrogens with one attached hydrogen (secondary N) is 1. The first-order valence-electron chi connectivity index (χ1n) is 12.3. The number of benzene rings is 3. The summed E-state index contributed by atoms with van der Waals surface area (Å²) in [5, 5.41) is 3.64. The van der Waals surface area contributed by atoms with Crippen LogP contribution in [0.1, 0.15) is 30.0 Å². The molecular weight excluding hydrogens is 708 g/mol. The molecule has 1 heterocycles. The van der Waals surface area contributed by atoms with Crippen LogP contribution in [0.4, 0.5) is 5.69 Å². The first-order chi connectivity index (χ1) is 19.0. The molecule has 3 aromatic carbocycles. The molecule has 40 heavy (non-hydrogen) atoms. The number of hydrogen-bond donors (Lipinski definition) is 1. The molecule has 209 valence electrons. The van der Waals surface area contributed by atoms with E-state index in [9.17, 15) is 18.0 Å². The second-order valence-corrected chi connectivity index (χ2v) is 17.7. The molecular formula is C29H28AsINO7S. The van der Waals surface area contributed by atoms with Crippen LogP contribution >= 0.6 is 22.6 Å². The zero-order chi connectivity index (χ0) is 29.2. The number of aryl methyl sites for hydroxylation is 1. The maximum atomic E-state index is 13.0. The van der Waals surface area contributed by atoms with E-state index in [0.717, 1.165) is 20.1 Å². The van der Waals surface area contributed by atoms with Gasteiger partial charge in [-0.2, -0.15) is 0 Å². The average molecular weight is 736 g/mol. The number of furan rings is 1. The van der Waals surface area contributed by atoms with Crippen molar-refractivity contribution in [3.8, 4) is 16.9 Å². The van der Waals surface area contributed by atoms with Crippen LogP contribution in [0.25, 0.3) is 22.1 Å². The van der Waals surface area contributed by atoms with E-state index < -0.39 is 33.4 Å². The van der Waals surface area contributed by atoms with Gasteiger partial charge in [-0.15, -0.1) is 0 Å². The van der Waals surface area contributed by atoms with Crippen molar-refractivity contribution in [1.29, 1.82) is 0 Å². The van der Waals surface area contributed by atoms with E-state index in [-0.39, 0.29) is 22.5 Å². The Morgan fingerprint density at radius 3 is 2.10 bits per heavy atom. The number of anilines is 1. The molecule has 4 aromatic rings. The molecule has 0 saturated heterocycles. The maximum absolute atomic E-state index is 13.0. The van der Waals surface area contributed by atoms with E-state index in [1.807, 2.05) is 45.0 Å². The van der Waals surface area contributed by atoms with Gasteiger partial charge in [-0.3, -0.25) is 0 Å². The molecule has 0 aliphatic carbocycles. The van der Waals surface area contributed by atoms with E-state index in [0.29, 0.717) is 22.6 Å². The summed E-state index contributed by atoms with van der Waals surface area (Å²) in [6.07, 6.45) is 0. The Morgan fingerprint density at radius 1 is 0.950 bits per heavy atom. The molecule has 1 radical (unpaired) electrons. The van der Waals surface area contributed by atoms with Crippen molar-refractivity contribution in [3.05, 3.63) is 75.6 Å². The Balaban J connectivity index is 1.49. The van der Waals surface area contributed by atoms with E-state index >= 15 is 0 Å². The Morgan fingerprint density at radius 2 is 1.55 bits per heavy atom. The van der Waals surface area contributed by atoms with Crippen LogP contribution < -0.4 is 10.1 Å². The molecule has 1 aromatic heterocycles. The van der Waals surface area contributed by atoms with Gasteiger partial charge in [0, 0.05) is 5.56 Å². The molecule has 8 nitrogen and oxygen atoms in total. The van der Waals surface area contributed by atoms with Crippen molar-refractivity contribution in [2.75, 3.05) is 19.5 Å².